The molecular formula is C15H14FN3. The van der Waals surface area contributed by atoms with E-state index in [1.807, 2.05) is 28.8 Å². The minimum atomic E-state index is -0.331. The molecule has 1 heterocycles. The number of nitrogen functional groups attached to an aromatic ring is 1. The Morgan fingerprint density at radius 2 is 1.84 bits per heavy atom. The van der Waals surface area contributed by atoms with Gasteiger partial charge in [0.05, 0.1) is 5.52 Å². The van der Waals surface area contributed by atoms with E-state index in [4.69, 9.17) is 5.73 Å². The third kappa shape index (κ3) is 2.17. The van der Waals surface area contributed by atoms with E-state index in [1.165, 1.54) is 11.6 Å². The SMILES string of the molecule is Nc1nc2c(F)cccc2n1CCc1ccccc1. The van der Waals surface area contributed by atoms with Crippen molar-refractivity contribution in [2.75, 3.05) is 5.73 Å². The van der Waals surface area contributed by atoms with E-state index in [0.29, 0.717) is 18.0 Å². The highest BCUT2D eigenvalue weighted by molar-refractivity contribution is 5.78. The lowest BCUT2D eigenvalue weighted by Gasteiger charge is -2.06. The third-order valence-electron chi connectivity index (χ3n) is 3.23. The molecule has 0 fully saturated rings. The minimum Gasteiger partial charge on any atom is -0.369 e. The van der Waals surface area contributed by atoms with Gasteiger partial charge in [0.1, 0.15) is 5.52 Å². The Labute approximate surface area is 110 Å². The number of benzene rings is 2. The van der Waals surface area contributed by atoms with Gasteiger partial charge in [-0.15, -0.1) is 0 Å². The van der Waals surface area contributed by atoms with E-state index in [9.17, 15) is 4.39 Å². The number of anilines is 1. The maximum atomic E-state index is 13.6. The molecule has 0 aliphatic carbocycles. The number of fused-ring (bicyclic) bond motifs is 1. The summed E-state index contributed by atoms with van der Waals surface area (Å²) in [5.74, 6) is 0.0266. The Morgan fingerprint density at radius 3 is 2.63 bits per heavy atom. The molecule has 3 rings (SSSR count). The lowest BCUT2D eigenvalue weighted by atomic mass is 10.1. The van der Waals surface area contributed by atoms with Crippen molar-refractivity contribution >= 4 is 17.0 Å². The summed E-state index contributed by atoms with van der Waals surface area (Å²) in [6, 6.07) is 15.0. The summed E-state index contributed by atoms with van der Waals surface area (Å²) in [6.45, 7) is 0.690. The first kappa shape index (κ1) is 11.7. The van der Waals surface area contributed by atoms with E-state index in [-0.39, 0.29) is 5.82 Å². The maximum absolute atomic E-state index is 13.6. The Hall–Kier alpha value is -2.36. The molecule has 0 amide bonds. The predicted octanol–water partition coefficient (Wildman–Crippen LogP) is 3.00. The van der Waals surface area contributed by atoms with Crippen LogP contribution in [0.2, 0.25) is 0 Å². The van der Waals surface area contributed by atoms with Crippen LogP contribution in [0.25, 0.3) is 11.0 Å². The average molecular weight is 255 g/mol. The van der Waals surface area contributed by atoms with Gasteiger partial charge in [0.25, 0.3) is 0 Å². The van der Waals surface area contributed by atoms with Gasteiger partial charge >= 0.3 is 0 Å². The molecule has 2 N–H and O–H groups in total. The zero-order valence-corrected chi connectivity index (χ0v) is 10.4. The first-order valence-corrected chi connectivity index (χ1v) is 6.20. The van der Waals surface area contributed by atoms with E-state index >= 15 is 0 Å². The van der Waals surface area contributed by atoms with Crippen molar-refractivity contribution in [2.24, 2.45) is 0 Å². The summed E-state index contributed by atoms with van der Waals surface area (Å²) in [4.78, 5) is 4.09. The molecule has 0 atom stereocenters. The van der Waals surface area contributed by atoms with Crippen LogP contribution in [-0.4, -0.2) is 9.55 Å². The van der Waals surface area contributed by atoms with Crippen molar-refractivity contribution in [1.29, 1.82) is 0 Å². The Balaban J connectivity index is 1.93. The van der Waals surface area contributed by atoms with Gasteiger partial charge in [-0.2, -0.15) is 0 Å². The van der Waals surface area contributed by atoms with Gasteiger partial charge in [-0.1, -0.05) is 36.4 Å². The average Bonchev–Trinajstić information content (AvgIpc) is 2.75. The molecule has 19 heavy (non-hydrogen) atoms. The molecule has 4 heteroatoms. The normalized spacial score (nSPS) is 11.0. The number of hydrogen-bond acceptors (Lipinski definition) is 2. The van der Waals surface area contributed by atoms with Crippen molar-refractivity contribution in [3.63, 3.8) is 0 Å². The topological polar surface area (TPSA) is 43.8 Å². The third-order valence-corrected chi connectivity index (χ3v) is 3.23. The fourth-order valence-corrected chi connectivity index (χ4v) is 2.25. The second kappa shape index (κ2) is 4.72. The molecule has 0 radical (unpaired) electrons. The molecule has 0 aliphatic rings. The molecular weight excluding hydrogens is 241 g/mol. The quantitative estimate of drug-likeness (QED) is 0.781. The molecule has 1 aromatic heterocycles. The van der Waals surface area contributed by atoms with Crippen molar-refractivity contribution in [1.82, 2.24) is 9.55 Å². The monoisotopic (exact) mass is 255 g/mol. The van der Waals surface area contributed by atoms with Crippen LogP contribution < -0.4 is 5.73 Å². The van der Waals surface area contributed by atoms with Crippen LogP contribution in [0.1, 0.15) is 5.56 Å². The van der Waals surface area contributed by atoms with E-state index in [2.05, 4.69) is 17.1 Å². The van der Waals surface area contributed by atoms with Crippen LogP contribution in [-0.2, 0) is 13.0 Å². The number of rotatable bonds is 3. The Morgan fingerprint density at radius 1 is 1.05 bits per heavy atom. The van der Waals surface area contributed by atoms with Gasteiger partial charge in [0, 0.05) is 6.54 Å². The summed E-state index contributed by atoms with van der Waals surface area (Å²) in [5, 5.41) is 0. The number of aryl methyl sites for hydroxylation is 2. The first-order chi connectivity index (χ1) is 9.25. The van der Waals surface area contributed by atoms with Crippen LogP contribution >= 0.6 is 0 Å². The molecule has 3 aromatic rings. The lowest BCUT2D eigenvalue weighted by Crippen LogP contribution is -2.05. The smallest absolute Gasteiger partial charge is 0.201 e. The minimum absolute atomic E-state index is 0.331. The van der Waals surface area contributed by atoms with Gasteiger partial charge in [-0.05, 0) is 24.1 Å². The van der Waals surface area contributed by atoms with Crippen LogP contribution in [0.4, 0.5) is 10.3 Å². The summed E-state index contributed by atoms with van der Waals surface area (Å²) < 4.78 is 15.5. The molecule has 96 valence electrons. The molecule has 0 aliphatic heterocycles. The molecule has 0 bridgehead atoms. The van der Waals surface area contributed by atoms with E-state index in [0.717, 1.165) is 11.9 Å². The van der Waals surface area contributed by atoms with Gasteiger partial charge < -0.3 is 10.3 Å². The molecule has 0 unspecified atom stereocenters. The Bertz CT molecular complexity index is 704. The van der Waals surface area contributed by atoms with Gasteiger partial charge in [0.15, 0.2) is 5.82 Å². The van der Waals surface area contributed by atoms with Crippen LogP contribution in [0.5, 0.6) is 0 Å². The predicted molar refractivity (Wildman–Crippen MR) is 74.2 cm³/mol. The van der Waals surface area contributed by atoms with Gasteiger partial charge in [-0.25, -0.2) is 9.37 Å². The van der Waals surface area contributed by atoms with Gasteiger partial charge in [-0.3, -0.25) is 0 Å². The summed E-state index contributed by atoms with van der Waals surface area (Å²) in [5.41, 5.74) is 8.18. The number of halogens is 1. The van der Waals surface area contributed by atoms with Crippen molar-refractivity contribution in [3.05, 3.63) is 59.9 Å². The largest absolute Gasteiger partial charge is 0.369 e. The van der Waals surface area contributed by atoms with Gasteiger partial charge in [0.2, 0.25) is 5.95 Å². The highest BCUT2D eigenvalue weighted by Crippen LogP contribution is 2.20. The number of aromatic nitrogens is 2. The summed E-state index contributed by atoms with van der Waals surface area (Å²) >= 11 is 0. The zero-order chi connectivity index (χ0) is 13.2. The fourth-order valence-electron chi connectivity index (χ4n) is 2.25. The number of nitrogens with two attached hydrogens (primary N) is 1. The van der Waals surface area contributed by atoms with Crippen LogP contribution in [0.15, 0.2) is 48.5 Å². The van der Waals surface area contributed by atoms with Crippen molar-refractivity contribution < 1.29 is 4.39 Å². The number of hydrogen-bond donors (Lipinski definition) is 1. The van der Waals surface area contributed by atoms with Crippen molar-refractivity contribution in [2.45, 2.75) is 13.0 Å². The first-order valence-electron chi connectivity index (χ1n) is 6.20. The second-order valence-electron chi connectivity index (χ2n) is 4.46. The Kier molecular flexibility index (Phi) is 2.91. The lowest BCUT2D eigenvalue weighted by molar-refractivity contribution is 0.637. The summed E-state index contributed by atoms with van der Waals surface area (Å²) in [7, 11) is 0. The molecule has 2 aromatic carbocycles. The molecule has 0 spiro atoms. The molecule has 0 saturated carbocycles. The summed E-state index contributed by atoms with van der Waals surface area (Å²) in [6.07, 6.45) is 0.840. The zero-order valence-electron chi connectivity index (χ0n) is 10.4. The van der Waals surface area contributed by atoms with Crippen LogP contribution in [0.3, 0.4) is 0 Å². The highest BCUT2D eigenvalue weighted by Gasteiger charge is 2.11. The number of para-hydroxylation sites is 1. The van der Waals surface area contributed by atoms with Crippen molar-refractivity contribution in [3.8, 4) is 0 Å². The van der Waals surface area contributed by atoms with E-state index < -0.39 is 0 Å². The van der Waals surface area contributed by atoms with E-state index in [1.54, 1.807) is 6.07 Å². The van der Waals surface area contributed by atoms with Crippen LogP contribution in [0, 0.1) is 5.82 Å². The molecule has 3 nitrogen and oxygen atoms in total. The highest BCUT2D eigenvalue weighted by atomic mass is 19.1. The fraction of sp³-hybridized carbons (Fsp3) is 0.133. The number of imidazole rings is 1. The molecule has 0 saturated heterocycles. The standard InChI is InChI=1S/C15H14FN3/c16-12-7-4-8-13-14(12)18-15(17)19(13)10-9-11-5-2-1-3-6-11/h1-8H,9-10H2,(H2,17,18). The number of nitrogens with zero attached hydrogens (tertiary/aromatic N) is 2. The second-order valence-corrected chi connectivity index (χ2v) is 4.46. The maximum Gasteiger partial charge on any atom is 0.201 e.